The van der Waals surface area contributed by atoms with Crippen LogP contribution in [0.3, 0.4) is 0 Å². The Balaban J connectivity index is 1.54. The van der Waals surface area contributed by atoms with E-state index >= 15 is 0 Å². The molecule has 9 unspecified atom stereocenters. The number of urea groups is 1. The lowest BCUT2D eigenvalue weighted by molar-refractivity contribution is -0.210. The molecule has 7 heteroatoms. The molecule has 0 radical (unpaired) electrons. The number of fused-ring (bicyclic) bond motifs is 7. The zero-order chi connectivity index (χ0) is 28.8. The second-order valence-electron chi connectivity index (χ2n) is 15.8. The van der Waals surface area contributed by atoms with Gasteiger partial charge in [-0.15, -0.1) is 0 Å². The highest BCUT2D eigenvalue weighted by Gasteiger charge is 2.70. The van der Waals surface area contributed by atoms with Gasteiger partial charge in [0.15, 0.2) is 5.78 Å². The molecule has 0 aliphatic heterocycles. The Bertz CT molecular complexity index is 1120. The lowest BCUT2D eigenvalue weighted by atomic mass is 9.33. The van der Waals surface area contributed by atoms with Crippen molar-refractivity contribution in [1.82, 2.24) is 10.8 Å². The Morgan fingerprint density at radius 1 is 0.949 bits per heavy atom. The maximum atomic E-state index is 14.5. The summed E-state index contributed by atoms with van der Waals surface area (Å²) in [5.74, 6) is 0.500. The number of ketones is 1. The highest BCUT2D eigenvalue weighted by molar-refractivity contribution is 5.95. The summed E-state index contributed by atoms with van der Waals surface area (Å²) in [6.45, 7) is 17.6. The molecule has 0 spiro atoms. The van der Waals surface area contributed by atoms with Crippen molar-refractivity contribution in [2.75, 3.05) is 0 Å². The number of amides is 2. The molecule has 0 bridgehead atoms. The smallest absolute Gasteiger partial charge is 0.338 e. The summed E-state index contributed by atoms with van der Waals surface area (Å²) in [6.07, 6.45) is 10.4. The van der Waals surface area contributed by atoms with Gasteiger partial charge in [0.1, 0.15) is 6.10 Å². The van der Waals surface area contributed by atoms with Crippen molar-refractivity contribution in [3.63, 3.8) is 0 Å². The zero-order valence-corrected chi connectivity index (χ0v) is 25.3. The number of esters is 1. The number of nitrogens with one attached hydrogen (secondary N) is 2. The molecular weight excluding hydrogens is 492 g/mol. The maximum absolute atomic E-state index is 14.5. The number of hydrogen-bond donors (Lipinski definition) is 3. The van der Waals surface area contributed by atoms with Gasteiger partial charge in [0.25, 0.3) is 0 Å². The van der Waals surface area contributed by atoms with E-state index in [0.717, 1.165) is 57.8 Å². The highest BCUT2D eigenvalue weighted by Crippen LogP contribution is 2.74. The topological polar surface area (TPSA) is 105 Å². The van der Waals surface area contributed by atoms with Crippen molar-refractivity contribution in [3.8, 4) is 0 Å². The molecule has 5 aliphatic rings. The first-order valence-corrected chi connectivity index (χ1v) is 15.1. The third kappa shape index (κ3) is 3.95. The first-order valence-electron chi connectivity index (χ1n) is 15.1. The molecule has 5 aliphatic carbocycles. The minimum absolute atomic E-state index is 0.0623. The van der Waals surface area contributed by atoms with E-state index in [0.29, 0.717) is 5.92 Å². The predicted octanol–water partition coefficient (Wildman–Crippen LogP) is 6.34. The van der Waals surface area contributed by atoms with Crippen LogP contribution in [0.25, 0.3) is 0 Å². The molecule has 4 saturated carbocycles. The van der Waals surface area contributed by atoms with Crippen LogP contribution in [0.2, 0.25) is 0 Å². The Kier molecular flexibility index (Phi) is 6.46. The summed E-state index contributed by atoms with van der Waals surface area (Å²) in [7, 11) is 0. The Morgan fingerprint density at radius 3 is 2.26 bits per heavy atom. The molecule has 0 aromatic heterocycles. The molecule has 0 aromatic rings. The summed E-state index contributed by atoms with van der Waals surface area (Å²) in [5.41, 5.74) is 2.08. The predicted molar refractivity (Wildman–Crippen MR) is 149 cm³/mol. The number of carbonyl (C=O) groups excluding carboxylic acids is 3. The SMILES string of the molecule is CC(=O)OC1CCC2(C)C(CCC3(C)C2C(=O)C=C2C4CC(C)(NC(=O)NO)CCC4(C)CCC23C)C1(C)C. The van der Waals surface area contributed by atoms with Crippen molar-refractivity contribution in [1.29, 1.82) is 0 Å². The lowest BCUT2D eigenvalue weighted by Crippen LogP contribution is -2.67. The third-order valence-corrected chi connectivity index (χ3v) is 13.3. The van der Waals surface area contributed by atoms with Gasteiger partial charge in [-0.2, -0.15) is 0 Å². The van der Waals surface area contributed by atoms with Gasteiger partial charge in [0.2, 0.25) is 0 Å². The van der Waals surface area contributed by atoms with Gasteiger partial charge in [-0.25, -0.2) is 10.3 Å². The molecule has 218 valence electrons. The molecule has 0 heterocycles. The molecule has 3 N–H and O–H groups in total. The number of hydrogen-bond acceptors (Lipinski definition) is 5. The van der Waals surface area contributed by atoms with E-state index in [1.165, 1.54) is 12.5 Å². The quantitative estimate of drug-likeness (QED) is 0.215. The van der Waals surface area contributed by atoms with Crippen molar-refractivity contribution in [3.05, 3.63) is 11.6 Å². The number of rotatable bonds is 2. The minimum atomic E-state index is -0.571. The van der Waals surface area contributed by atoms with E-state index in [-0.39, 0.29) is 56.8 Å². The van der Waals surface area contributed by atoms with Gasteiger partial charge in [0.05, 0.1) is 0 Å². The number of ether oxygens (including phenoxy) is 1. The molecule has 39 heavy (non-hydrogen) atoms. The second kappa shape index (κ2) is 8.80. The van der Waals surface area contributed by atoms with Gasteiger partial charge in [-0.05, 0) is 104 Å². The van der Waals surface area contributed by atoms with Crippen molar-refractivity contribution in [2.24, 2.45) is 44.8 Å². The fraction of sp³-hybridized carbons (Fsp3) is 0.844. The van der Waals surface area contributed by atoms with Gasteiger partial charge in [-0.3, -0.25) is 14.8 Å². The van der Waals surface area contributed by atoms with Crippen LogP contribution in [0.15, 0.2) is 11.6 Å². The normalized spacial score (nSPS) is 48.3. The lowest BCUT2D eigenvalue weighted by Gasteiger charge is -2.70. The van der Waals surface area contributed by atoms with Gasteiger partial charge < -0.3 is 10.1 Å². The first-order chi connectivity index (χ1) is 18.0. The van der Waals surface area contributed by atoms with Gasteiger partial charge >= 0.3 is 12.0 Å². The maximum Gasteiger partial charge on any atom is 0.338 e. The van der Waals surface area contributed by atoms with Crippen LogP contribution in [-0.2, 0) is 14.3 Å². The summed E-state index contributed by atoms with van der Waals surface area (Å²) in [6, 6.07) is -0.571. The van der Waals surface area contributed by atoms with Crippen LogP contribution in [0.5, 0.6) is 0 Å². The second-order valence-corrected chi connectivity index (χ2v) is 15.8. The number of hydroxylamine groups is 1. The van der Waals surface area contributed by atoms with Crippen molar-refractivity contribution in [2.45, 2.75) is 125 Å². The first kappa shape index (κ1) is 28.6. The summed E-state index contributed by atoms with van der Waals surface area (Å²) in [5, 5.41) is 12.2. The van der Waals surface area contributed by atoms with E-state index < -0.39 is 11.6 Å². The van der Waals surface area contributed by atoms with E-state index in [2.05, 4.69) is 53.8 Å². The Morgan fingerprint density at radius 2 is 1.62 bits per heavy atom. The fourth-order valence-electron chi connectivity index (χ4n) is 11.0. The number of carbonyl (C=O) groups is 3. The molecule has 5 rings (SSSR count). The Labute approximate surface area is 234 Å². The molecule has 2 amide bonds. The molecular formula is C32H50N2O5. The average Bonchev–Trinajstić information content (AvgIpc) is 2.83. The zero-order valence-electron chi connectivity index (χ0n) is 25.3. The Hall–Kier alpha value is -1.89. The minimum Gasteiger partial charge on any atom is -0.462 e. The van der Waals surface area contributed by atoms with Crippen LogP contribution in [0, 0.1) is 44.8 Å². The summed E-state index contributed by atoms with van der Waals surface area (Å²) in [4.78, 5) is 38.5. The van der Waals surface area contributed by atoms with Crippen molar-refractivity contribution < 1.29 is 24.3 Å². The van der Waals surface area contributed by atoms with Gasteiger partial charge in [0, 0.05) is 23.8 Å². The highest BCUT2D eigenvalue weighted by atomic mass is 16.5. The van der Waals surface area contributed by atoms with E-state index in [9.17, 15) is 14.4 Å². The van der Waals surface area contributed by atoms with E-state index in [1.807, 2.05) is 6.08 Å². The number of allylic oxidation sites excluding steroid dienone is 2. The molecule has 0 aromatic carbocycles. The average molecular weight is 543 g/mol. The summed E-state index contributed by atoms with van der Waals surface area (Å²) < 4.78 is 5.83. The van der Waals surface area contributed by atoms with E-state index in [4.69, 9.17) is 9.94 Å². The van der Waals surface area contributed by atoms with E-state index in [1.54, 1.807) is 5.48 Å². The van der Waals surface area contributed by atoms with Crippen LogP contribution < -0.4 is 10.8 Å². The van der Waals surface area contributed by atoms with Crippen molar-refractivity contribution >= 4 is 17.8 Å². The molecule has 9 atom stereocenters. The van der Waals surface area contributed by atoms with Crippen LogP contribution in [-0.4, -0.2) is 34.6 Å². The van der Waals surface area contributed by atoms with Crippen LogP contribution in [0.1, 0.15) is 113 Å². The largest absolute Gasteiger partial charge is 0.462 e. The molecule has 0 saturated heterocycles. The third-order valence-electron chi connectivity index (χ3n) is 13.3. The standard InChI is InChI=1S/C32H50N2O5/c1-19(35)39-24-10-11-30(6)23(27(24,2)3)9-12-32(8)25(30)22(36)17-20-21-18-29(5,33-26(37)34-38)15-13-28(21,4)14-16-31(20,32)7/h17,21,23-25,38H,9-16,18H2,1-8H3,(H2,33,34,37). The summed E-state index contributed by atoms with van der Waals surface area (Å²) >= 11 is 0. The molecule has 7 nitrogen and oxygen atoms in total. The fourth-order valence-corrected chi connectivity index (χ4v) is 11.0. The monoisotopic (exact) mass is 542 g/mol. The van der Waals surface area contributed by atoms with Crippen LogP contribution >= 0.6 is 0 Å². The van der Waals surface area contributed by atoms with Crippen LogP contribution in [0.4, 0.5) is 4.79 Å². The van der Waals surface area contributed by atoms with Gasteiger partial charge in [-0.1, -0.05) is 47.1 Å². The molecule has 4 fully saturated rings.